The fourth-order valence-electron chi connectivity index (χ4n) is 2.65. The van der Waals surface area contributed by atoms with E-state index in [-0.39, 0.29) is 12.3 Å². The van der Waals surface area contributed by atoms with Crippen LogP contribution >= 0.6 is 0 Å². The SMILES string of the molecule is CC(O)CN1CCN(C(=O)Cc2ccc(C(F)(F)F)cc2)CC1. The van der Waals surface area contributed by atoms with E-state index in [2.05, 4.69) is 4.90 Å². The van der Waals surface area contributed by atoms with Crippen LogP contribution in [0.15, 0.2) is 24.3 Å². The van der Waals surface area contributed by atoms with Crippen molar-refractivity contribution in [2.75, 3.05) is 32.7 Å². The fourth-order valence-corrected chi connectivity index (χ4v) is 2.65. The number of amides is 1. The number of carbonyl (C=O) groups is 1. The molecule has 4 nitrogen and oxygen atoms in total. The minimum absolute atomic E-state index is 0.0820. The molecule has 2 rings (SSSR count). The van der Waals surface area contributed by atoms with Crippen molar-refractivity contribution in [3.8, 4) is 0 Å². The van der Waals surface area contributed by atoms with Crippen LogP contribution in [0.2, 0.25) is 0 Å². The Morgan fingerprint density at radius 2 is 1.74 bits per heavy atom. The van der Waals surface area contributed by atoms with Crippen molar-refractivity contribution in [3.63, 3.8) is 0 Å². The number of β-amino-alcohol motifs (C(OH)–C–C–N with tert-alkyl or cyclic N) is 1. The number of benzene rings is 1. The number of hydrogen-bond acceptors (Lipinski definition) is 3. The van der Waals surface area contributed by atoms with Crippen molar-refractivity contribution in [1.29, 1.82) is 0 Å². The highest BCUT2D eigenvalue weighted by Crippen LogP contribution is 2.29. The van der Waals surface area contributed by atoms with Crippen LogP contribution in [0.1, 0.15) is 18.1 Å². The summed E-state index contributed by atoms with van der Waals surface area (Å²) in [6.45, 7) is 4.86. The van der Waals surface area contributed by atoms with Crippen LogP contribution in [-0.2, 0) is 17.4 Å². The van der Waals surface area contributed by atoms with Crippen molar-refractivity contribution >= 4 is 5.91 Å². The van der Waals surface area contributed by atoms with E-state index in [1.54, 1.807) is 11.8 Å². The van der Waals surface area contributed by atoms with Crippen molar-refractivity contribution in [1.82, 2.24) is 9.80 Å². The molecule has 1 aromatic carbocycles. The molecule has 1 unspecified atom stereocenters. The van der Waals surface area contributed by atoms with Gasteiger partial charge in [0.25, 0.3) is 0 Å². The Labute approximate surface area is 133 Å². The van der Waals surface area contributed by atoms with Gasteiger partial charge in [0.15, 0.2) is 0 Å². The molecule has 1 aromatic rings. The molecule has 1 fully saturated rings. The maximum absolute atomic E-state index is 12.5. The van der Waals surface area contributed by atoms with Gasteiger partial charge in [-0.2, -0.15) is 13.2 Å². The quantitative estimate of drug-likeness (QED) is 0.915. The molecule has 1 heterocycles. The number of nitrogens with zero attached hydrogens (tertiary/aromatic N) is 2. The van der Waals surface area contributed by atoms with Crippen LogP contribution in [0.3, 0.4) is 0 Å². The molecule has 1 atom stereocenters. The number of piperazine rings is 1. The van der Waals surface area contributed by atoms with Gasteiger partial charge in [0.1, 0.15) is 0 Å². The Morgan fingerprint density at radius 3 is 2.22 bits per heavy atom. The van der Waals surface area contributed by atoms with E-state index in [1.807, 2.05) is 0 Å². The second kappa shape index (κ2) is 7.31. The first-order valence-corrected chi connectivity index (χ1v) is 7.60. The van der Waals surface area contributed by atoms with E-state index in [0.29, 0.717) is 38.3 Å². The molecule has 7 heteroatoms. The lowest BCUT2D eigenvalue weighted by atomic mass is 10.1. The van der Waals surface area contributed by atoms with Crippen LogP contribution in [0.4, 0.5) is 13.2 Å². The number of hydrogen-bond donors (Lipinski definition) is 1. The van der Waals surface area contributed by atoms with Gasteiger partial charge in [-0.05, 0) is 24.6 Å². The number of alkyl halides is 3. The average molecular weight is 330 g/mol. The maximum Gasteiger partial charge on any atom is 0.416 e. The van der Waals surface area contributed by atoms with E-state index in [0.717, 1.165) is 12.1 Å². The molecule has 1 aliphatic rings. The van der Waals surface area contributed by atoms with Gasteiger partial charge in [-0.15, -0.1) is 0 Å². The lowest BCUT2D eigenvalue weighted by molar-refractivity contribution is -0.137. The summed E-state index contributed by atoms with van der Waals surface area (Å²) in [7, 11) is 0. The second-order valence-corrected chi connectivity index (χ2v) is 5.90. The number of aliphatic hydroxyl groups excluding tert-OH is 1. The molecular formula is C16H21F3N2O2. The first kappa shape index (κ1) is 17.7. The third-order valence-corrected chi connectivity index (χ3v) is 3.88. The van der Waals surface area contributed by atoms with Crippen LogP contribution < -0.4 is 0 Å². The zero-order valence-electron chi connectivity index (χ0n) is 13.0. The van der Waals surface area contributed by atoms with Crippen molar-refractivity contribution in [3.05, 3.63) is 35.4 Å². The molecule has 0 radical (unpaired) electrons. The monoisotopic (exact) mass is 330 g/mol. The molecule has 23 heavy (non-hydrogen) atoms. The highest BCUT2D eigenvalue weighted by Gasteiger charge is 2.30. The fraction of sp³-hybridized carbons (Fsp3) is 0.562. The van der Waals surface area contributed by atoms with Gasteiger partial charge in [0.2, 0.25) is 5.91 Å². The third kappa shape index (κ3) is 5.21. The molecule has 0 saturated carbocycles. The molecule has 0 aromatic heterocycles. The van der Waals surface area contributed by atoms with Crippen LogP contribution in [0.5, 0.6) is 0 Å². The second-order valence-electron chi connectivity index (χ2n) is 5.90. The minimum atomic E-state index is -4.36. The summed E-state index contributed by atoms with van der Waals surface area (Å²) in [6.07, 6.45) is -4.65. The highest BCUT2D eigenvalue weighted by atomic mass is 19.4. The van der Waals surface area contributed by atoms with Gasteiger partial charge in [0.05, 0.1) is 18.1 Å². The largest absolute Gasteiger partial charge is 0.416 e. The first-order chi connectivity index (χ1) is 10.8. The van der Waals surface area contributed by atoms with Crippen LogP contribution in [0.25, 0.3) is 0 Å². The van der Waals surface area contributed by atoms with E-state index in [4.69, 9.17) is 0 Å². The Kier molecular flexibility index (Phi) is 5.64. The summed E-state index contributed by atoms with van der Waals surface area (Å²) in [5.74, 6) is -0.0820. The van der Waals surface area contributed by atoms with Crippen molar-refractivity contribution < 1.29 is 23.1 Å². The number of aliphatic hydroxyl groups is 1. The van der Waals surface area contributed by atoms with Gasteiger partial charge in [-0.1, -0.05) is 12.1 Å². The Bertz CT molecular complexity index is 521. The Morgan fingerprint density at radius 1 is 1.17 bits per heavy atom. The predicted molar refractivity (Wildman–Crippen MR) is 79.8 cm³/mol. The van der Waals surface area contributed by atoms with E-state index >= 15 is 0 Å². The molecule has 1 aliphatic heterocycles. The van der Waals surface area contributed by atoms with Gasteiger partial charge in [0, 0.05) is 32.7 Å². The molecule has 0 spiro atoms. The smallest absolute Gasteiger partial charge is 0.392 e. The summed E-state index contributed by atoms with van der Waals surface area (Å²) >= 11 is 0. The standard InChI is InChI=1S/C16H21F3N2O2/c1-12(22)11-20-6-8-21(9-7-20)15(23)10-13-2-4-14(5-3-13)16(17,18)19/h2-5,12,22H,6-11H2,1H3. The highest BCUT2D eigenvalue weighted by molar-refractivity contribution is 5.78. The lowest BCUT2D eigenvalue weighted by Gasteiger charge is -2.35. The van der Waals surface area contributed by atoms with Crippen LogP contribution in [0, 0.1) is 0 Å². The maximum atomic E-state index is 12.5. The number of halogens is 3. The van der Waals surface area contributed by atoms with Crippen molar-refractivity contribution in [2.24, 2.45) is 0 Å². The summed E-state index contributed by atoms with van der Waals surface area (Å²) in [4.78, 5) is 16.0. The topological polar surface area (TPSA) is 43.8 Å². The van der Waals surface area contributed by atoms with Gasteiger partial charge >= 0.3 is 6.18 Å². The summed E-state index contributed by atoms with van der Waals surface area (Å²) in [5, 5.41) is 9.35. The van der Waals surface area contributed by atoms with E-state index in [1.165, 1.54) is 12.1 Å². The minimum Gasteiger partial charge on any atom is -0.392 e. The summed E-state index contributed by atoms with van der Waals surface area (Å²) in [5.41, 5.74) is -0.130. The molecule has 1 N–H and O–H groups in total. The molecule has 0 aliphatic carbocycles. The first-order valence-electron chi connectivity index (χ1n) is 7.60. The molecule has 0 bridgehead atoms. The van der Waals surface area contributed by atoms with Gasteiger partial charge < -0.3 is 10.0 Å². The Hall–Kier alpha value is -1.60. The number of carbonyl (C=O) groups excluding carboxylic acids is 1. The lowest BCUT2D eigenvalue weighted by Crippen LogP contribution is -2.50. The molecular weight excluding hydrogens is 309 g/mol. The van der Waals surface area contributed by atoms with Crippen LogP contribution in [-0.4, -0.2) is 59.6 Å². The normalized spacial score (nSPS) is 18.0. The average Bonchev–Trinajstić information content (AvgIpc) is 2.47. The van der Waals surface area contributed by atoms with E-state index < -0.39 is 17.8 Å². The van der Waals surface area contributed by atoms with E-state index in [9.17, 15) is 23.1 Å². The van der Waals surface area contributed by atoms with Gasteiger partial charge in [-0.3, -0.25) is 9.69 Å². The van der Waals surface area contributed by atoms with Gasteiger partial charge in [-0.25, -0.2) is 0 Å². The molecule has 1 saturated heterocycles. The predicted octanol–water partition coefficient (Wildman–Crippen LogP) is 1.77. The molecule has 128 valence electrons. The summed E-state index contributed by atoms with van der Waals surface area (Å²) < 4.78 is 37.5. The zero-order valence-corrected chi connectivity index (χ0v) is 13.0. The zero-order chi connectivity index (χ0) is 17.0. The Balaban J connectivity index is 1.86. The van der Waals surface area contributed by atoms with Crippen molar-refractivity contribution in [2.45, 2.75) is 25.6 Å². The summed E-state index contributed by atoms with van der Waals surface area (Å²) in [6, 6.07) is 4.71. The number of rotatable bonds is 4. The molecule has 1 amide bonds. The third-order valence-electron chi connectivity index (χ3n) is 3.88.